The number of halogens is 7. The number of fused-ring (bicyclic) bond motifs is 15. The highest BCUT2D eigenvalue weighted by Crippen LogP contribution is 2.51. The minimum atomic E-state index is -4.47. The standard InChI is InChI=1S/C42H25F3N4.C42H22N6.C41H19F4N5/c1-25-20-30(23-31(21-25)42(43,44)45)28-16-11-17-29(22-28)38-37-34(46-2)24-35-41(36(37)32-18-9-10-19-33(32)47-38)49-40(27-14-7-4-8-15-27)39(48-35)26-12-5-3-6-13-26;1-44-32-21-26(25-43)20-31(23-32)29-16-11-17-30(22-29)39-38-35(45-2)24-36-42(37(38)33-18-9-10-19-34(33)46-39)48-41(28-14-7-4-8-15-28)40(47-36)27-12-5-3-6-13-27;1-47-29-20-30-41(50-40(23-13-6-3-7-14-23)39(49-30)22-11-4-2-5-12-22)32-26-17-8-9-18-28(26)48-38(33(29)32)25-16-10-15-24(19-25)31-36(44)34(42)27(21-46)35(43)37(31)45/h3-24H,1H3;3-24H;2-20H. The summed E-state index contributed by atoms with van der Waals surface area (Å²) in [5.74, 6) is -6.96. The van der Waals surface area contributed by atoms with Gasteiger partial charge in [0.2, 0.25) is 0 Å². The second kappa shape index (κ2) is 38.2. The largest absolute Gasteiger partial charge is 0.416 e. The molecule has 24 aromatic rings. The lowest BCUT2D eigenvalue weighted by atomic mass is 9.94. The van der Waals surface area contributed by atoms with Gasteiger partial charge in [0.1, 0.15) is 11.6 Å². The van der Waals surface area contributed by atoms with Gasteiger partial charge in [-0.2, -0.15) is 23.7 Å². The fourth-order valence-corrected chi connectivity index (χ4v) is 19.1. The van der Waals surface area contributed by atoms with Crippen molar-refractivity contribution in [3.8, 4) is 147 Å². The first kappa shape index (κ1) is 91.5. The van der Waals surface area contributed by atoms with Crippen molar-refractivity contribution in [3.05, 3.63) is 473 Å². The number of alkyl halides is 3. The Kier molecular flexibility index (Phi) is 23.8. The van der Waals surface area contributed by atoms with Crippen LogP contribution in [0.25, 0.3) is 252 Å². The van der Waals surface area contributed by atoms with Crippen molar-refractivity contribution in [3.63, 3.8) is 0 Å². The Bertz CT molecular complexity index is 9810. The zero-order valence-electron chi connectivity index (χ0n) is 77.2. The summed E-state index contributed by atoms with van der Waals surface area (Å²) in [5.41, 5.74) is 20.1. The van der Waals surface area contributed by atoms with Crippen LogP contribution in [0.2, 0.25) is 0 Å². The molecule has 690 valence electrons. The molecule has 0 atom stereocenters. The number of hydrogen-bond donors (Lipinski definition) is 0. The van der Waals surface area contributed by atoms with Crippen molar-refractivity contribution in [1.29, 1.82) is 10.5 Å². The van der Waals surface area contributed by atoms with E-state index in [1.165, 1.54) is 30.3 Å². The van der Waals surface area contributed by atoms with Crippen molar-refractivity contribution in [2.45, 2.75) is 13.1 Å². The second-order valence-corrected chi connectivity index (χ2v) is 34.7. The second-order valence-electron chi connectivity index (χ2n) is 34.7. The van der Waals surface area contributed by atoms with Crippen molar-refractivity contribution < 1.29 is 30.7 Å². The molecule has 0 saturated heterocycles. The predicted molar refractivity (Wildman–Crippen MR) is 566 cm³/mol. The number of nitriles is 2. The van der Waals surface area contributed by atoms with E-state index in [0.717, 1.165) is 94.6 Å². The van der Waals surface area contributed by atoms with E-state index in [0.29, 0.717) is 161 Å². The number of para-hydroxylation sites is 3. The fourth-order valence-electron chi connectivity index (χ4n) is 19.1. The van der Waals surface area contributed by atoms with Gasteiger partial charge in [-0.15, -0.1) is 0 Å². The maximum atomic E-state index is 15.2. The Labute approximate surface area is 835 Å². The molecule has 0 N–H and O–H groups in total. The summed E-state index contributed by atoms with van der Waals surface area (Å²) in [5, 5.41) is 24.9. The van der Waals surface area contributed by atoms with E-state index in [9.17, 15) is 27.2 Å². The van der Waals surface area contributed by atoms with Crippen LogP contribution < -0.4 is 0 Å². The van der Waals surface area contributed by atoms with Crippen LogP contribution in [0.1, 0.15) is 22.3 Å². The smallest absolute Gasteiger partial charge is 0.248 e. The van der Waals surface area contributed by atoms with Gasteiger partial charge in [0.15, 0.2) is 46.0 Å². The van der Waals surface area contributed by atoms with Crippen LogP contribution in [0, 0.1) is 79.1 Å². The molecule has 0 aliphatic rings. The zero-order valence-corrected chi connectivity index (χ0v) is 77.2. The normalized spacial score (nSPS) is 11.2. The van der Waals surface area contributed by atoms with Gasteiger partial charge in [0.05, 0.1) is 144 Å². The van der Waals surface area contributed by atoms with Crippen molar-refractivity contribution in [2.75, 3.05) is 0 Å². The van der Waals surface area contributed by atoms with Crippen LogP contribution in [0.15, 0.2) is 382 Å². The van der Waals surface area contributed by atoms with Gasteiger partial charge in [0, 0.05) is 104 Å². The summed E-state index contributed by atoms with van der Waals surface area (Å²) < 4.78 is 101. The van der Waals surface area contributed by atoms with Gasteiger partial charge in [-0.3, -0.25) is 0 Å². The van der Waals surface area contributed by atoms with E-state index in [4.69, 9.17) is 76.4 Å². The van der Waals surface area contributed by atoms with Crippen LogP contribution in [-0.4, -0.2) is 44.9 Å². The Morgan fingerprint density at radius 1 is 0.245 bits per heavy atom. The highest BCUT2D eigenvalue weighted by Gasteiger charge is 2.33. The molecule has 22 heteroatoms. The summed E-state index contributed by atoms with van der Waals surface area (Å²) in [6, 6.07) is 121. The first-order valence-electron chi connectivity index (χ1n) is 46.2. The molecule has 147 heavy (non-hydrogen) atoms. The van der Waals surface area contributed by atoms with E-state index in [1.54, 1.807) is 67.6 Å². The van der Waals surface area contributed by atoms with Crippen LogP contribution in [-0.2, 0) is 6.18 Å². The minimum absolute atomic E-state index is 0.188. The van der Waals surface area contributed by atoms with E-state index in [-0.39, 0.29) is 11.3 Å². The lowest BCUT2D eigenvalue weighted by Gasteiger charge is -2.17. The lowest BCUT2D eigenvalue weighted by molar-refractivity contribution is -0.137. The summed E-state index contributed by atoms with van der Waals surface area (Å²) in [6.07, 6.45) is -4.47. The number of rotatable bonds is 12. The third kappa shape index (κ3) is 16.9. The Balaban J connectivity index is 0.000000125. The van der Waals surface area contributed by atoms with Crippen LogP contribution in [0.3, 0.4) is 0 Å². The zero-order chi connectivity index (χ0) is 101. The molecule has 18 aromatic carbocycles. The van der Waals surface area contributed by atoms with E-state index < -0.39 is 46.1 Å². The van der Waals surface area contributed by atoms with Crippen molar-refractivity contribution in [2.24, 2.45) is 0 Å². The lowest BCUT2D eigenvalue weighted by Crippen LogP contribution is -2.05. The molecule has 0 fully saturated rings. The molecule has 0 spiro atoms. The average Bonchev–Trinajstić information content (AvgIpc) is 0.726. The average molecular weight is 1910 g/mol. The minimum Gasteiger partial charge on any atom is -0.248 e. The number of hydrogen-bond acceptors (Lipinski definition) is 11. The van der Waals surface area contributed by atoms with Gasteiger partial charge in [-0.05, 0) is 125 Å². The molecule has 0 amide bonds. The van der Waals surface area contributed by atoms with Crippen molar-refractivity contribution >= 4 is 121 Å². The van der Waals surface area contributed by atoms with Crippen LogP contribution in [0.5, 0.6) is 0 Å². The Hall–Kier alpha value is -20.6. The number of benzene rings is 18. The van der Waals surface area contributed by atoms with Crippen LogP contribution in [0.4, 0.5) is 53.5 Å². The van der Waals surface area contributed by atoms with Gasteiger partial charge in [-0.1, -0.05) is 297 Å². The molecular formula is C125H66F7N15. The Morgan fingerprint density at radius 2 is 0.537 bits per heavy atom. The predicted octanol–water partition coefficient (Wildman–Crippen LogP) is 33.8. The highest BCUT2D eigenvalue weighted by atomic mass is 19.4. The summed E-state index contributed by atoms with van der Waals surface area (Å²) in [7, 11) is 0. The van der Waals surface area contributed by atoms with Gasteiger partial charge < -0.3 is 0 Å². The first-order valence-corrected chi connectivity index (χ1v) is 46.2. The molecule has 15 nitrogen and oxygen atoms in total. The molecule has 0 radical (unpaired) electrons. The molecule has 6 heterocycles. The SMILES string of the molecule is [C-]#[N+]c1cc(C#N)cc(-c2cccc(-c3nc4ccccc4c4c3c([N+]#[C-])cc3nc(-c5ccccc5)c(-c5ccccc5)nc34)c2)c1.[C-]#[N+]c1cc2nc(-c3ccccc3)c(-c3ccccc3)nc2c2c1c(-c1cccc(-c3c(F)c(F)c(C#N)c(F)c3F)c1)nc1ccccc12.[C-]#[N+]c1cc2nc(-c3ccccc3)c(-c3ccccc3)nc2c2c1c(-c1cccc(-c3cc(C)cc(C(F)(F)F)c3)c1)nc1ccccc12. The maximum Gasteiger partial charge on any atom is 0.416 e. The fraction of sp³-hybridized carbons (Fsp3) is 0.0160. The third-order valence-electron chi connectivity index (χ3n) is 25.7. The maximum absolute atomic E-state index is 15.2. The molecule has 0 bridgehead atoms. The molecule has 0 aliphatic carbocycles. The molecule has 24 rings (SSSR count). The Morgan fingerprint density at radius 3 is 0.857 bits per heavy atom. The molecule has 0 unspecified atom stereocenters. The summed E-state index contributed by atoms with van der Waals surface area (Å²) in [4.78, 5) is 61.9. The quantitative estimate of drug-likeness (QED) is 0.0491. The monoisotopic (exact) mass is 1910 g/mol. The van der Waals surface area contributed by atoms with Gasteiger partial charge in [0.25, 0.3) is 0 Å². The molecular weight excluding hydrogens is 1840 g/mol. The summed E-state index contributed by atoms with van der Waals surface area (Å²) in [6.45, 7) is 34.0. The number of aryl methyl sites for hydroxylation is 1. The number of pyridine rings is 3. The first-order chi connectivity index (χ1) is 71.8. The molecule has 0 saturated carbocycles. The third-order valence-corrected chi connectivity index (χ3v) is 25.7. The topological polar surface area (TPSA) is 181 Å². The number of aromatic nitrogens is 9. The number of nitrogens with zero attached hydrogens (tertiary/aromatic N) is 15. The van der Waals surface area contributed by atoms with Crippen LogP contribution >= 0.6 is 0 Å². The molecule has 0 aliphatic heterocycles. The van der Waals surface area contributed by atoms with Gasteiger partial charge >= 0.3 is 6.18 Å². The van der Waals surface area contributed by atoms with E-state index in [2.05, 4.69) is 25.4 Å². The van der Waals surface area contributed by atoms with E-state index in [1.807, 2.05) is 291 Å². The van der Waals surface area contributed by atoms with E-state index >= 15 is 8.78 Å². The summed E-state index contributed by atoms with van der Waals surface area (Å²) >= 11 is 0. The molecule has 6 aromatic heterocycles. The van der Waals surface area contributed by atoms with Gasteiger partial charge in [-0.25, -0.2) is 81.8 Å². The highest BCUT2D eigenvalue weighted by molar-refractivity contribution is 6.28. The van der Waals surface area contributed by atoms with Crippen molar-refractivity contribution in [1.82, 2.24) is 44.9 Å².